The van der Waals surface area contributed by atoms with E-state index in [0.29, 0.717) is 13.2 Å². The van der Waals surface area contributed by atoms with Crippen LogP contribution in [0, 0.1) is 0 Å². The van der Waals surface area contributed by atoms with Crippen molar-refractivity contribution in [1.82, 2.24) is 0 Å². The summed E-state index contributed by atoms with van der Waals surface area (Å²) in [7, 11) is 0. The standard InChI is InChI=1S/C14H23NO2/c1-12(2)17-10-9-16-8-4-6-13-5-3-7-14(15)11-13/h3,5,7,11-12H,4,6,8-10,15H2,1-2H3. The minimum Gasteiger partial charge on any atom is -0.399 e. The monoisotopic (exact) mass is 237 g/mol. The highest BCUT2D eigenvalue weighted by molar-refractivity contribution is 5.40. The number of aryl methyl sites for hydroxylation is 1. The Hall–Kier alpha value is -1.06. The van der Waals surface area contributed by atoms with Crippen molar-refractivity contribution in [3.63, 3.8) is 0 Å². The van der Waals surface area contributed by atoms with Crippen LogP contribution in [-0.4, -0.2) is 25.9 Å². The number of ether oxygens (including phenoxy) is 2. The van der Waals surface area contributed by atoms with Gasteiger partial charge >= 0.3 is 0 Å². The summed E-state index contributed by atoms with van der Waals surface area (Å²) >= 11 is 0. The van der Waals surface area contributed by atoms with Crippen LogP contribution in [-0.2, 0) is 15.9 Å². The number of hydrogen-bond acceptors (Lipinski definition) is 3. The Morgan fingerprint density at radius 3 is 2.71 bits per heavy atom. The Balaban J connectivity index is 2.01. The molecule has 0 aliphatic carbocycles. The first-order valence-corrected chi connectivity index (χ1v) is 6.22. The molecule has 0 saturated carbocycles. The van der Waals surface area contributed by atoms with Crippen LogP contribution in [0.4, 0.5) is 5.69 Å². The van der Waals surface area contributed by atoms with Crippen molar-refractivity contribution in [3.8, 4) is 0 Å². The maximum absolute atomic E-state index is 5.71. The van der Waals surface area contributed by atoms with Crippen molar-refractivity contribution in [2.75, 3.05) is 25.6 Å². The molecule has 1 aromatic carbocycles. The molecule has 0 spiro atoms. The predicted molar refractivity (Wildman–Crippen MR) is 71.1 cm³/mol. The van der Waals surface area contributed by atoms with Crippen molar-refractivity contribution >= 4 is 5.69 Å². The van der Waals surface area contributed by atoms with Gasteiger partial charge < -0.3 is 15.2 Å². The molecule has 0 aliphatic rings. The van der Waals surface area contributed by atoms with Crippen molar-refractivity contribution in [2.24, 2.45) is 0 Å². The molecule has 2 N–H and O–H groups in total. The van der Waals surface area contributed by atoms with E-state index < -0.39 is 0 Å². The molecule has 3 nitrogen and oxygen atoms in total. The molecule has 96 valence electrons. The Morgan fingerprint density at radius 1 is 1.18 bits per heavy atom. The molecule has 0 saturated heterocycles. The van der Waals surface area contributed by atoms with Crippen molar-refractivity contribution in [3.05, 3.63) is 29.8 Å². The lowest BCUT2D eigenvalue weighted by atomic mass is 10.1. The van der Waals surface area contributed by atoms with Crippen LogP contribution in [0.15, 0.2) is 24.3 Å². The lowest BCUT2D eigenvalue weighted by molar-refractivity contribution is 0.0191. The fourth-order valence-electron chi connectivity index (χ4n) is 1.57. The van der Waals surface area contributed by atoms with Gasteiger partial charge in [-0.1, -0.05) is 12.1 Å². The smallest absolute Gasteiger partial charge is 0.0703 e. The summed E-state index contributed by atoms with van der Waals surface area (Å²) in [6.07, 6.45) is 2.31. The number of rotatable bonds is 8. The fraction of sp³-hybridized carbons (Fsp3) is 0.571. The molecular weight excluding hydrogens is 214 g/mol. The summed E-state index contributed by atoms with van der Waals surface area (Å²) in [5, 5.41) is 0. The highest BCUT2D eigenvalue weighted by atomic mass is 16.5. The lowest BCUT2D eigenvalue weighted by Gasteiger charge is -2.08. The van der Waals surface area contributed by atoms with E-state index in [0.717, 1.165) is 25.1 Å². The van der Waals surface area contributed by atoms with E-state index in [1.54, 1.807) is 0 Å². The third-order valence-electron chi connectivity index (χ3n) is 2.38. The van der Waals surface area contributed by atoms with Crippen molar-refractivity contribution in [1.29, 1.82) is 0 Å². The summed E-state index contributed by atoms with van der Waals surface area (Å²) in [5.41, 5.74) is 7.81. The SMILES string of the molecule is CC(C)OCCOCCCc1cccc(N)c1. The first-order chi connectivity index (χ1) is 8.18. The summed E-state index contributed by atoms with van der Waals surface area (Å²) in [6.45, 7) is 6.18. The minimum absolute atomic E-state index is 0.283. The van der Waals surface area contributed by atoms with E-state index in [-0.39, 0.29) is 6.10 Å². The van der Waals surface area contributed by atoms with Gasteiger partial charge in [0.2, 0.25) is 0 Å². The topological polar surface area (TPSA) is 44.5 Å². The summed E-state index contributed by atoms with van der Waals surface area (Å²) in [6, 6.07) is 8.01. The van der Waals surface area contributed by atoms with Gasteiger partial charge in [-0.05, 0) is 44.4 Å². The van der Waals surface area contributed by atoms with Gasteiger partial charge in [0, 0.05) is 12.3 Å². The van der Waals surface area contributed by atoms with E-state index in [9.17, 15) is 0 Å². The number of hydrogen-bond donors (Lipinski definition) is 1. The first-order valence-electron chi connectivity index (χ1n) is 6.22. The Kier molecular flexibility index (Phi) is 6.67. The second-order valence-corrected chi connectivity index (χ2v) is 4.38. The summed E-state index contributed by atoms with van der Waals surface area (Å²) in [5.74, 6) is 0. The van der Waals surface area contributed by atoms with E-state index in [1.165, 1.54) is 5.56 Å². The zero-order valence-corrected chi connectivity index (χ0v) is 10.8. The second-order valence-electron chi connectivity index (χ2n) is 4.38. The number of benzene rings is 1. The first kappa shape index (κ1) is 14.0. The molecule has 0 fully saturated rings. The van der Waals surface area contributed by atoms with E-state index >= 15 is 0 Å². The third kappa shape index (κ3) is 6.97. The van der Waals surface area contributed by atoms with Crippen LogP contribution in [0.1, 0.15) is 25.8 Å². The molecule has 0 aliphatic heterocycles. The van der Waals surface area contributed by atoms with E-state index in [4.69, 9.17) is 15.2 Å². The quantitative estimate of drug-likeness (QED) is 0.558. The maximum Gasteiger partial charge on any atom is 0.0703 e. The van der Waals surface area contributed by atoms with Crippen LogP contribution in [0.25, 0.3) is 0 Å². The molecule has 0 heterocycles. The van der Waals surface area contributed by atoms with Crippen LogP contribution in [0.5, 0.6) is 0 Å². The molecule has 0 aromatic heterocycles. The van der Waals surface area contributed by atoms with E-state index in [2.05, 4.69) is 6.07 Å². The molecule has 3 heteroatoms. The molecule has 17 heavy (non-hydrogen) atoms. The molecule has 0 bridgehead atoms. The van der Waals surface area contributed by atoms with Gasteiger partial charge in [0.25, 0.3) is 0 Å². The van der Waals surface area contributed by atoms with Gasteiger partial charge in [0.1, 0.15) is 0 Å². The Bertz CT molecular complexity index is 313. The Labute approximate surface area is 104 Å². The number of anilines is 1. The van der Waals surface area contributed by atoms with Gasteiger partial charge in [-0.15, -0.1) is 0 Å². The average molecular weight is 237 g/mol. The number of nitrogen functional groups attached to an aromatic ring is 1. The molecule has 0 radical (unpaired) electrons. The minimum atomic E-state index is 0.283. The molecule has 0 atom stereocenters. The van der Waals surface area contributed by atoms with Crippen LogP contribution < -0.4 is 5.73 Å². The molecule has 1 rings (SSSR count). The zero-order valence-electron chi connectivity index (χ0n) is 10.8. The number of nitrogens with two attached hydrogens (primary N) is 1. The van der Waals surface area contributed by atoms with Crippen LogP contribution >= 0.6 is 0 Å². The molecule has 0 unspecified atom stereocenters. The molecule has 0 amide bonds. The second kappa shape index (κ2) is 8.09. The van der Waals surface area contributed by atoms with Gasteiger partial charge in [-0.25, -0.2) is 0 Å². The summed E-state index contributed by atoms with van der Waals surface area (Å²) in [4.78, 5) is 0. The van der Waals surface area contributed by atoms with E-state index in [1.807, 2.05) is 32.0 Å². The fourth-order valence-corrected chi connectivity index (χ4v) is 1.57. The molecular formula is C14H23NO2. The average Bonchev–Trinajstić information content (AvgIpc) is 2.27. The summed E-state index contributed by atoms with van der Waals surface area (Å²) < 4.78 is 10.9. The lowest BCUT2D eigenvalue weighted by Crippen LogP contribution is -2.10. The van der Waals surface area contributed by atoms with Crippen LogP contribution in [0.2, 0.25) is 0 Å². The highest BCUT2D eigenvalue weighted by Gasteiger charge is 1.96. The normalized spacial score (nSPS) is 11.0. The largest absolute Gasteiger partial charge is 0.399 e. The van der Waals surface area contributed by atoms with Crippen LogP contribution in [0.3, 0.4) is 0 Å². The maximum atomic E-state index is 5.71. The van der Waals surface area contributed by atoms with Gasteiger partial charge in [-0.3, -0.25) is 0 Å². The van der Waals surface area contributed by atoms with Gasteiger partial charge in [-0.2, -0.15) is 0 Å². The highest BCUT2D eigenvalue weighted by Crippen LogP contribution is 2.08. The van der Waals surface area contributed by atoms with Crippen molar-refractivity contribution in [2.45, 2.75) is 32.8 Å². The third-order valence-corrected chi connectivity index (χ3v) is 2.38. The van der Waals surface area contributed by atoms with Crippen molar-refractivity contribution < 1.29 is 9.47 Å². The van der Waals surface area contributed by atoms with Gasteiger partial charge in [0.15, 0.2) is 0 Å². The predicted octanol–water partition coefficient (Wildman–Crippen LogP) is 2.64. The zero-order chi connectivity index (χ0) is 12.5. The molecule has 1 aromatic rings. The van der Waals surface area contributed by atoms with Gasteiger partial charge in [0.05, 0.1) is 19.3 Å². The Morgan fingerprint density at radius 2 is 2.00 bits per heavy atom.